The number of esters is 1. The van der Waals surface area contributed by atoms with Crippen LogP contribution in [0, 0.1) is 0 Å². The molecular formula is C12H22ClNO2. The normalized spacial score (nSPS) is 11.3. The van der Waals surface area contributed by atoms with Crippen LogP contribution in [0.5, 0.6) is 0 Å². The first-order chi connectivity index (χ1) is 7.15. The van der Waals surface area contributed by atoms with Crippen molar-refractivity contribution in [1.82, 2.24) is 4.90 Å². The quantitative estimate of drug-likeness (QED) is 0.533. The molecule has 0 bridgehead atoms. The minimum atomic E-state index is -0.326. The number of hydrogen-bond acceptors (Lipinski definition) is 3. The van der Waals surface area contributed by atoms with E-state index in [-0.39, 0.29) is 24.4 Å². The Hall–Kier alpha value is -0.760. The Morgan fingerprint density at radius 3 is 2.12 bits per heavy atom. The minimum Gasteiger partial charge on any atom is -0.468 e. The third-order valence-electron chi connectivity index (χ3n) is 2.54. The lowest BCUT2D eigenvalue weighted by atomic mass is 10.0. The SMILES string of the molecule is C=C=C(CC)C(C(=O)OC)N(CC)CC.Cl. The van der Waals surface area contributed by atoms with Crippen LogP contribution in [0.3, 0.4) is 0 Å². The van der Waals surface area contributed by atoms with E-state index in [4.69, 9.17) is 4.74 Å². The highest BCUT2D eigenvalue weighted by Gasteiger charge is 2.27. The molecule has 0 aliphatic rings. The van der Waals surface area contributed by atoms with Gasteiger partial charge in [0, 0.05) is 0 Å². The molecule has 0 aromatic carbocycles. The van der Waals surface area contributed by atoms with Gasteiger partial charge in [0.05, 0.1) is 7.11 Å². The van der Waals surface area contributed by atoms with Crippen molar-refractivity contribution in [3.05, 3.63) is 17.9 Å². The van der Waals surface area contributed by atoms with Crippen LogP contribution in [0.2, 0.25) is 0 Å². The van der Waals surface area contributed by atoms with Crippen LogP contribution in [0.25, 0.3) is 0 Å². The molecule has 0 radical (unpaired) electrons. The van der Waals surface area contributed by atoms with Crippen LogP contribution in [0.1, 0.15) is 27.2 Å². The Bertz CT molecular complexity index is 256. The maximum absolute atomic E-state index is 11.7. The number of nitrogens with zero attached hydrogens (tertiary/aromatic N) is 1. The van der Waals surface area contributed by atoms with Gasteiger partial charge in [-0.3, -0.25) is 4.90 Å². The van der Waals surface area contributed by atoms with Gasteiger partial charge < -0.3 is 4.74 Å². The molecule has 16 heavy (non-hydrogen) atoms. The zero-order chi connectivity index (χ0) is 11.8. The summed E-state index contributed by atoms with van der Waals surface area (Å²) in [6.45, 7) is 11.3. The Balaban J connectivity index is 0. The summed E-state index contributed by atoms with van der Waals surface area (Å²) in [5.41, 5.74) is 3.73. The summed E-state index contributed by atoms with van der Waals surface area (Å²) in [5.74, 6) is -0.230. The molecule has 0 saturated heterocycles. The fourth-order valence-corrected chi connectivity index (χ4v) is 1.63. The number of ether oxygens (including phenoxy) is 1. The standard InChI is InChI=1S/C12H21NO2.ClH/c1-6-10(7-2)11(12(14)15-5)13(8-3)9-4;/h11H,1,7-9H2,2-5H3;1H. The fraction of sp³-hybridized carbons (Fsp3) is 0.667. The molecule has 0 spiro atoms. The number of halogens is 1. The van der Waals surface area contributed by atoms with Crippen molar-refractivity contribution in [1.29, 1.82) is 0 Å². The van der Waals surface area contributed by atoms with E-state index < -0.39 is 0 Å². The lowest BCUT2D eigenvalue weighted by molar-refractivity contribution is -0.145. The minimum absolute atomic E-state index is 0. The molecule has 0 aromatic heterocycles. The summed E-state index contributed by atoms with van der Waals surface area (Å²) >= 11 is 0. The van der Waals surface area contributed by atoms with Crippen molar-refractivity contribution in [2.24, 2.45) is 0 Å². The van der Waals surface area contributed by atoms with E-state index in [0.29, 0.717) is 0 Å². The van der Waals surface area contributed by atoms with E-state index in [1.807, 2.05) is 25.7 Å². The zero-order valence-electron chi connectivity index (χ0n) is 10.6. The smallest absolute Gasteiger partial charge is 0.328 e. The topological polar surface area (TPSA) is 29.5 Å². The van der Waals surface area contributed by atoms with Crippen LogP contribution < -0.4 is 0 Å². The molecule has 0 aliphatic carbocycles. The van der Waals surface area contributed by atoms with Crippen molar-refractivity contribution in [2.75, 3.05) is 20.2 Å². The molecule has 0 rings (SSSR count). The van der Waals surface area contributed by atoms with Gasteiger partial charge in [-0.25, -0.2) is 4.79 Å². The van der Waals surface area contributed by atoms with Gasteiger partial charge in [0.1, 0.15) is 6.04 Å². The van der Waals surface area contributed by atoms with Gasteiger partial charge in [0.15, 0.2) is 0 Å². The summed E-state index contributed by atoms with van der Waals surface area (Å²) in [6.07, 6.45) is 0.764. The van der Waals surface area contributed by atoms with Gasteiger partial charge in [-0.1, -0.05) is 27.4 Å². The van der Waals surface area contributed by atoms with Crippen LogP contribution in [0.15, 0.2) is 17.9 Å². The van der Waals surface area contributed by atoms with E-state index in [1.54, 1.807) is 0 Å². The first-order valence-corrected chi connectivity index (χ1v) is 5.36. The monoisotopic (exact) mass is 247 g/mol. The fourth-order valence-electron chi connectivity index (χ4n) is 1.63. The predicted octanol–water partition coefficient (Wildman–Crippen LogP) is 2.41. The van der Waals surface area contributed by atoms with E-state index in [0.717, 1.165) is 25.1 Å². The lowest BCUT2D eigenvalue weighted by Gasteiger charge is -2.28. The van der Waals surface area contributed by atoms with Gasteiger partial charge >= 0.3 is 5.97 Å². The van der Waals surface area contributed by atoms with Gasteiger partial charge in [-0.05, 0) is 25.1 Å². The average molecular weight is 248 g/mol. The molecule has 0 N–H and O–H groups in total. The molecule has 0 amide bonds. The predicted molar refractivity (Wildman–Crippen MR) is 68.9 cm³/mol. The summed E-state index contributed by atoms with van der Waals surface area (Å²) in [4.78, 5) is 13.7. The first-order valence-electron chi connectivity index (χ1n) is 5.36. The summed E-state index contributed by atoms with van der Waals surface area (Å²) in [5, 5.41) is 0. The number of carbonyl (C=O) groups is 1. The number of rotatable bonds is 6. The molecule has 1 atom stereocenters. The lowest BCUT2D eigenvalue weighted by Crippen LogP contribution is -2.42. The maximum Gasteiger partial charge on any atom is 0.328 e. The number of carbonyl (C=O) groups excluding carboxylic acids is 1. The van der Waals surface area contributed by atoms with Gasteiger partial charge in [-0.15, -0.1) is 18.1 Å². The molecule has 3 nitrogen and oxygen atoms in total. The highest BCUT2D eigenvalue weighted by Crippen LogP contribution is 2.14. The Morgan fingerprint density at radius 2 is 1.88 bits per heavy atom. The highest BCUT2D eigenvalue weighted by atomic mass is 35.5. The second-order valence-corrected chi connectivity index (χ2v) is 3.20. The maximum atomic E-state index is 11.7. The first kappa shape index (κ1) is 17.6. The highest BCUT2D eigenvalue weighted by molar-refractivity contribution is 5.85. The average Bonchev–Trinajstić information content (AvgIpc) is 2.28. The van der Waals surface area contributed by atoms with Crippen LogP contribution in [0.4, 0.5) is 0 Å². The van der Waals surface area contributed by atoms with Gasteiger partial charge in [0.25, 0.3) is 0 Å². The second kappa shape index (κ2) is 9.46. The summed E-state index contributed by atoms with van der Waals surface area (Å²) in [7, 11) is 1.41. The molecule has 0 fully saturated rings. The molecule has 0 heterocycles. The molecular weight excluding hydrogens is 226 g/mol. The van der Waals surface area contributed by atoms with E-state index >= 15 is 0 Å². The van der Waals surface area contributed by atoms with Crippen LogP contribution >= 0.6 is 12.4 Å². The van der Waals surface area contributed by atoms with Crippen molar-refractivity contribution < 1.29 is 9.53 Å². The number of hydrogen-bond donors (Lipinski definition) is 0. The van der Waals surface area contributed by atoms with E-state index in [9.17, 15) is 4.79 Å². The molecule has 0 saturated carbocycles. The zero-order valence-corrected chi connectivity index (χ0v) is 11.4. The van der Waals surface area contributed by atoms with Crippen molar-refractivity contribution >= 4 is 18.4 Å². The van der Waals surface area contributed by atoms with Crippen LogP contribution in [-0.4, -0.2) is 37.1 Å². The number of likely N-dealkylation sites (N-methyl/N-ethyl adjacent to an activating group) is 1. The molecule has 4 heteroatoms. The third kappa shape index (κ3) is 4.40. The molecule has 94 valence electrons. The Kier molecular flexibility index (Phi) is 10.4. The Morgan fingerprint density at radius 1 is 1.38 bits per heavy atom. The Labute approximate surface area is 105 Å². The second-order valence-electron chi connectivity index (χ2n) is 3.20. The van der Waals surface area contributed by atoms with Gasteiger partial charge in [-0.2, -0.15) is 0 Å². The molecule has 1 unspecified atom stereocenters. The van der Waals surface area contributed by atoms with E-state index in [2.05, 4.69) is 12.3 Å². The van der Waals surface area contributed by atoms with Crippen LogP contribution in [-0.2, 0) is 9.53 Å². The molecule has 0 aliphatic heterocycles. The third-order valence-corrected chi connectivity index (χ3v) is 2.54. The molecule has 0 aromatic rings. The van der Waals surface area contributed by atoms with Crippen molar-refractivity contribution in [2.45, 2.75) is 33.2 Å². The van der Waals surface area contributed by atoms with E-state index in [1.165, 1.54) is 7.11 Å². The summed E-state index contributed by atoms with van der Waals surface area (Å²) < 4.78 is 4.81. The van der Waals surface area contributed by atoms with Gasteiger partial charge in [0.2, 0.25) is 0 Å². The van der Waals surface area contributed by atoms with Crippen molar-refractivity contribution in [3.8, 4) is 0 Å². The number of methoxy groups -OCH3 is 1. The largest absolute Gasteiger partial charge is 0.468 e. The van der Waals surface area contributed by atoms with Crippen molar-refractivity contribution in [3.63, 3.8) is 0 Å². The summed E-state index contributed by atoms with van der Waals surface area (Å²) in [6, 6.07) is -0.326.